The van der Waals surface area contributed by atoms with Crippen molar-refractivity contribution in [1.82, 2.24) is 0 Å². The zero-order valence-electron chi connectivity index (χ0n) is 6.13. The quantitative estimate of drug-likeness (QED) is 0.395. The molecule has 2 nitrogen and oxygen atoms in total. The molecule has 0 atom stereocenters. The fraction of sp³-hybridized carbons (Fsp3) is 0.429. The van der Waals surface area contributed by atoms with Crippen molar-refractivity contribution in [3.63, 3.8) is 0 Å². The van der Waals surface area contributed by atoms with E-state index < -0.39 is 0 Å². The second-order valence-corrected chi connectivity index (χ2v) is 1.68. The number of nitrogens with zero attached hydrogens (tertiary/aromatic N) is 2. The molecule has 0 rings (SSSR count). The summed E-state index contributed by atoms with van der Waals surface area (Å²) in [6, 6.07) is 0. The molecule has 0 N–H and O–H groups in total. The first-order valence-corrected chi connectivity index (χ1v) is 2.88. The highest BCUT2D eigenvalue weighted by Crippen LogP contribution is 1.83. The Kier molecular flexibility index (Phi) is 4.69. The van der Waals surface area contributed by atoms with Gasteiger partial charge in [0.1, 0.15) is 6.34 Å². The van der Waals surface area contributed by atoms with Gasteiger partial charge in [-0.25, -0.2) is 4.99 Å². The molecule has 9 heavy (non-hydrogen) atoms. The SMILES string of the molecule is C/C=C(/C)C=NC=NC. The van der Waals surface area contributed by atoms with Crippen molar-refractivity contribution in [1.29, 1.82) is 0 Å². The second-order valence-electron chi connectivity index (χ2n) is 1.68. The minimum atomic E-state index is 1.15. The zero-order valence-corrected chi connectivity index (χ0v) is 6.13. The van der Waals surface area contributed by atoms with E-state index in [2.05, 4.69) is 9.98 Å². The summed E-state index contributed by atoms with van der Waals surface area (Å²) in [4.78, 5) is 7.57. The van der Waals surface area contributed by atoms with Gasteiger partial charge in [0.05, 0.1) is 0 Å². The highest BCUT2D eigenvalue weighted by molar-refractivity contribution is 5.84. The third-order valence-corrected chi connectivity index (χ3v) is 0.916. The van der Waals surface area contributed by atoms with Gasteiger partial charge in [-0.15, -0.1) is 0 Å². The lowest BCUT2D eigenvalue weighted by Crippen LogP contribution is -1.75. The predicted molar refractivity (Wildman–Crippen MR) is 42.3 cm³/mol. The third kappa shape index (κ3) is 4.94. The van der Waals surface area contributed by atoms with Gasteiger partial charge in [-0.2, -0.15) is 0 Å². The van der Waals surface area contributed by atoms with E-state index >= 15 is 0 Å². The van der Waals surface area contributed by atoms with Crippen molar-refractivity contribution >= 4 is 12.6 Å². The van der Waals surface area contributed by atoms with Crippen LogP contribution >= 0.6 is 0 Å². The number of hydrogen-bond donors (Lipinski definition) is 0. The normalized spacial score (nSPS) is 13.9. The molecule has 0 aromatic rings. The summed E-state index contributed by atoms with van der Waals surface area (Å²) in [5, 5.41) is 0. The van der Waals surface area contributed by atoms with E-state index in [4.69, 9.17) is 0 Å². The van der Waals surface area contributed by atoms with E-state index in [1.165, 1.54) is 6.34 Å². The van der Waals surface area contributed by atoms with E-state index in [1.54, 1.807) is 13.3 Å². The van der Waals surface area contributed by atoms with E-state index in [0.29, 0.717) is 0 Å². The Bertz CT molecular complexity index is 143. The minimum absolute atomic E-state index is 1.15. The molecule has 0 aromatic heterocycles. The van der Waals surface area contributed by atoms with Crippen molar-refractivity contribution in [2.45, 2.75) is 13.8 Å². The first kappa shape index (κ1) is 8.08. The monoisotopic (exact) mass is 124 g/mol. The molecule has 2 heteroatoms. The lowest BCUT2D eigenvalue weighted by atomic mass is 10.3. The third-order valence-electron chi connectivity index (χ3n) is 0.916. The van der Waals surface area contributed by atoms with E-state index in [0.717, 1.165) is 5.57 Å². The molecule has 0 heterocycles. The summed E-state index contributed by atoms with van der Waals surface area (Å²) in [5.41, 5.74) is 1.15. The van der Waals surface area contributed by atoms with Crippen LogP contribution in [0.3, 0.4) is 0 Å². The largest absolute Gasteiger partial charge is 0.277 e. The molecular formula is C7H12N2. The van der Waals surface area contributed by atoms with E-state index in [-0.39, 0.29) is 0 Å². The Hall–Kier alpha value is -0.920. The van der Waals surface area contributed by atoms with Crippen LogP contribution in [0.1, 0.15) is 13.8 Å². The number of hydrogen-bond acceptors (Lipinski definition) is 1. The molecule has 0 aromatic carbocycles. The summed E-state index contributed by atoms with van der Waals surface area (Å²) in [6.45, 7) is 3.97. The number of allylic oxidation sites excluding steroid dienone is 2. The van der Waals surface area contributed by atoms with Crippen molar-refractivity contribution < 1.29 is 0 Å². The van der Waals surface area contributed by atoms with E-state index in [1.807, 2.05) is 19.9 Å². The summed E-state index contributed by atoms with van der Waals surface area (Å²) in [6.07, 6.45) is 5.28. The number of rotatable bonds is 2. The van der Waals surface area contributed by atoms with Crippen molar-refractivity contribution in [3.05, 3.63) is 11.6 Å². The Morgan fingerprint density at radius 3 is 2.56 bits per heavy atom. The van der Waals surface area contributed by atoms with Crippen LogP contribution in [0, 0.1) is 0 Å². The maximum absolute atomic E-state index is 3.88. The molecule has 0 fully saturated rings. The maximum Gasteiger partial charge on any atom is 0.109 e. The molecule has 0 aliphatic heterocycles. The van der Waals surface area contributed by atoms with Gasteiger partial charge >= 0.3 is 0 Å². The van der Waals surface area contributed by atoms with Crippen LogP contribution in [-0.2, 0) is 0 Å². The summed E-state index contributed by atoms with van der Waals surface area (Å²) < 4.78 is 0. The Balaban J connectivity index is 3.71. The highest BCUT2D eigenvalue weighted by Gasteiger charge is 1.73. The van der Waals surface area contributed by atoms with Crippen LogP contribution < -0.4 is 0 Å². The summed E-state index contributed by atoms with van der Waals surface area (Å²) in [5.74, 6) is 0. The summed E-state index contributed by atoms with van der Waals surface area (Å²) >= 11 is 0. The molecule has 50 valence electrons. The fourth-order valence-corrected chi connectivity index (χ4v) is 0.292. The molecule has 0 spiro atoms. The summed E-state index contributed by atoms with van der Waals surface area (Å²) in [7, 11) is 1.70. The molecule has 0 aliphatic carbocycles. The average molecular weight is 124 g/mol. The molecule has 0 unspecified atom stereocenters. The van der Waals surface area contributed by atoms with Gasteiger partial charge in [0, 0.05) is 13.3 Å². The molecule has 0 aliphatic rings. The highest BCUT2D eigenvalue weighted by atomic mass is 14.8. The van der Waals surface area contributed by atoms with Crippen LogP contribution in [0.15, 0.2) is 21.6 Å². The van der Waals surface area contributed by atoms with Gasteiger partial charge in [-0.3, -0.25) is 4.99 Å². The second kappa shape index (κ2) is 5.22. The first-order chi connectivity index (χ1) is 4.31. The topological polar surface area (TPSA) is 24.7 Å². The van der Waals surface area contributed by atoms with Gasteiger partial charge in [0.15, 0.2) is 0 Å². The fourth-order valence-electron chi connectivity index (χ4n) is 0.292. The van der Waals surface area contributed by atoms with Gasteiger partial charge in [-0.1, -0.05) is 6.08 Å². The molecular weight excluding hydrogens is 112 g/mol. The molecule has 0 bridgehead atoms. The van der Waals surface area contributed by atoms with Crippen LogP contribution in [0.5, 0.6) is 0 Å². The molecule has 0 amide bonds. The van der Waals surface area contributed by atoms with Crippen molar-refractivity contribution in [2.75, 3.05) is 7.05 Å². The predicted octanol–water partition coefficient (Wildman–Crippen LogP) is 1.68. The zero-order chi connectivity index (χ0) is 7.11. The Morgan fingerprint density at radius 2 is 2.11 bits per heavy atom. The smallest absolute Gasteiger partial charge is 0.109 e. The van der Waals surface area contributed by atoms with Crippen LogP contribution in [0.4, 0.5) is 0 Å². The van der Waals surface area contributed by atoms with Crippen LogP contribution in [-0.4, -0.2) is 19.6 Å². The van der Waals surface area contributed by atoms with Crippen molar-refractivity contribution in [3.8, 4) is 0 Å². The molecule has 0 saturated carbocycles. The first-order valence-electron chi connectivity index (χ1n) is 2.88. The molecule has 0 saturated heterocycles. The minimum Gasteiger partial charge on any atom is -0.277 e. The lowest BCUT2D eigenvalue weighted by Gasteiger charge is -1.81. The average Bonchev–Trinajstić information content (AvgIpc) is 1.89. The van der Waals surface area contributed by atoms with Crippen LogP contribution in [0.25, 0.3) is 0 Å². The van der Waals surface area contributed by atoms with Gasteiger partial charge in [0.25, 0.3) is 0 Å². The standard InChI is InChI=1S/C7H12N2/c1-4-7(2)5-9-6-8-3/h4-6H,1-3H3/b7-4-,8-6?,9-5?. The van der Waals surface area contributed by atoms with Crippen molar-refractivity contribution in [2.24, 2.45) is 9.98 Å². The lowest BCUT2D eigenvalue weighted by molar-refractivity contribution is 1.44. The van der Waals surface area contributed by atoms with Crippen LogP contribution in [0.2, 0.25) is 0 Å². The Morgan fingerprint density at radius 1 is 1.44 bits per heavy atom. The van der Waals surface area contributed by atoms with Gasteiger partial charge in [-0.05, 0) is 19.4 Å². The Labute approximate surface area is 56.0 Å². The molecule has 0 radical (unpaired) electrons. The van der Waals surface area contributed by atoms with E-state index in [9.17, 15) is 0 Å². The van der Waals surface area contributed by atoms with Gasteiger partial charge in [0.2, 0.25) is 0 Å². The van der Waals surface area contributed by atoms with Gasteiger partial charge < -0.3 is 0 Å². The maximum atomic E-state index is 3.88. The number of aliphatic imine (C=N–C) groups is 2.